The van der Waals surface area contributed by atoms with Crippen molar-refractivity contribution in [2.45, 2.75) is 42.8 Å². The summed E-state index contributed by atoms with van der Waals surface area (Å²) in [5.41, 5.74) is 2.22. The van der Waals surface area contributed by atoms with Crippen LogP contribution < -0.4 is 10.2 Å². The van der Waals surface area contributed by atoms with E-state index in [-0.39, 0.29) is 24.5 Å². The van der Waals surface area contributed by atoms with Gasteiger partial charge in [0.2, 0.25) is 11.8 Å². The summed E-state index contributed by atoms with van der Waals surface area (Å²) in [6, 6.07) is 14.8. The number of aromatic nitrogens is 3. The van der Waals surface area contributed by atoms with Crippen LogP contribution in [0.3, 0.4) is 0 Å². The van der Waals surface area contributed by atoms with E-state index in [4.69, 9.17) is 16.3 Å². The van der Waals surface area contributed by atoms with E-state index >= 15 is 0 Å². The number of hydrogen-bond acceptors (Lipinski definition) is 6. The Morgan fingerprint density at radius 2 is 2.03 bits per heavy atom. The van der Waals surface area contributed by atoms with E-state index in [1.165, 1.54) is 16.7 Å². The number of nitrogens with zero attached hydrogens (tertiary/aromatic N) is 4. The topological polar surface area (TPSA) is 89.3 Å². The van der Waals surface area contributed by atoms with Crippen LogP contribution in [0.2, 0.25) is 5.02 Å². The molecule has 2 unspecified atom stereocenters. The number of benzene rings is 2. The molecule has 1 aromatic heterocycles. The normalized spacial score (nSPS) is 18.5. The maximum atomic E-state index is 13.4. The summed E-state index contributed by atoms with van der Waals surface area (Å²) >= 11 is 7.40. The highest BCUT2D eigenvalue weighted by Crippen LogP contribution is 2.33. The van der Waals surface area contributed by atoms with Crippen LogP contribution in [0.1, 0.15) is 19.8 Å². The van der Waals surface area contributed by atoms with Gasteiger partial charge < -0.3 is 10.1 Å². The van der Waals surface area contributed by atoms with E-state index in [9.17, 15) is 9.59 Å². The Balaban J connectivity index is 1.41. The fraction of sp³-hybridized carbons (Fsp3) is 0.333. The minimum absolute atomic E-state index is 0.0145. The highest BCUT2D eigenvalue weighted by Gasteiger charge is 2.31. The number of rotatable bonds is 6. The van der Waals surface area contributed by atoms with Gasteiger partial charge in [0.15, 0.2) is 11.0 Å². The molecule has 0 spiro atoms. The van der Waals surface area contributed by atoms with Gasteiger partial charge in [0, 0.05) is 17.2 Å². The van der Waals surface area contributed by atoms with Gasteiger partial charge in [-0.1, -0.05) is 35.5 Å². The summed E-state index contributed by atoms with van der Waals surface area (Å²) in [6.07, 6.45) is 2.07. The zero-order valence-electron chi connectivity index (χ0n) is 18.6. The molecule has 2 aliphatic heterocycles. The third-order valence-electron chi connectivity index (χ3n) is 5.90. The Hall–Kier alpha value is -2.88. The van der Waals surface area contributed by atoms with Gasteiger partial charge in [-0.3, -0.25) is 19.1 Å². The summed E-state index contributed by atoms with van der Waals surface area (Å²) in [5.74, 6) is 0.333. The predicted octanol–water partition coefficient (Wildman–Crippen LogP) is 4.24. The van der Waals surface area contributed by atoms with Crippen LogP contribution in [0.25, 0.3) is 11.4 Å². The van der Waals surface area contributed by atoms with Crippen LogP contribution in [-0.4, -0.2) is 51.1 Å². The predicted molar refractivity (Wildman–Crippen MR) is 132 cm³/mol. The standard InChI is InChI=1S/C24H24ClN5O3S/c1-15(23(32)29-14-21(31)26-19-6-2-3-7-20(19)29)34-24-28-27-22(16-8-10-17(25)11-9-16)30(24)13-18-5-4-12-33-18/h2-3,6-11,15,18H,4-5,12-14H2,1H3,(H,26,31). The fourth-order valence-corrected chi connectivity index (χ4v) is 5.25. The number of halogens is 1. The fourth-order valence-electron chi connectivity index (χ4n) is 4.20. The van der Waals surface area contributed by atoms with E-state index in [0.29, 0.717) is 33.9 Å². The lowest BCUT2D eigenvalue weighted by atomic mass is 10.2. The number of hydrogen-bond donors (Lipinski definition) is 1. The van der Waals surface area contributed by atoms with Crippen molar-refractivity contribution in [3.63, 3.8) is 0 Å². The first kappa shape index (κ1) is 22.9. The second kappa shape index (κ2) is 9.77. The summed E-state index contributed by atoms with van der Waals surface area (Å²) in [4.78, 5) is 27.1. The van der Waals surface area contributed by atoms with Crippen LogP contribution in [-0.2, 0) is 20.9 Å². The number of carbonyl (C=O) groups excluding carboxylic acids is 2. The molecule has 2 amide bonds. The molecular weight excluding hydrogens is 474 g/mol. The zero-order chi connectivity index (χ0) is 23.7. The van der Waals surface area contributed by atoms with Gasteiger partial charge in [-0.15, -0.1) is 10.2 Å². The highest BCUT2D eigenvalue weighted by molar-refractivity contribution is 8.00. The molecule has 3 heterocycles. The zero-order valence-corrected chi connectivity index (χ0v) is 20.2. The Bertz CT molecular complexity index is 1210. The molecule has 1 N–H and O–H groups in total. The molecule has 0 saturated carbocycles. The van der Waals surface area contributed by atoms with Gasteiger partial charge in [0.1, 0.15) is 6.54 Å². The van der Waals surface area contributed by atoms with Crippen molar-refractivity contribution >= 4 is 46.6 Å². The van der Waals surface area contributed by atoms with E-state index in [1.54, 1.807) is 6.07 Å². The summed E-state index contributed by atoms with van der Waals surface area (Å²) in [5, 5.41) is 12.5. The number of ether oxygens (including phenoxy) is 1. The van der Waals surface area contributed by atoms with Crippen LogP contribution in [0.15, 0.2) is 53.7 Å². The SMILES string of the molecule is CC(Sc1nnc(-c2ccc(Cl)cc2)n1CC1CCCO1)C(=O)N1CC(=O)Nc2ccccc21. The Kier molecular flexibility index (Phi) is 6.58. The average molecular weight is 498 g/mol. The maximum Gasteiger partial charge on any atom is 0.244 e. The number of nitrogens with one attached hydrogen (secondary N) is 1. The largest absolute Gasteiger partial charge is 0.376 e. The monoisotopic (exact) mass is 497 g/mol. The van der Waals surface area contributed by atoms with Crippen LogP contribution >= 0.6 is 23.4 Å². The smallest absolute Gasteiger partial charge is 0.244 e. The maximum absolute atomic E-state index is 13.4. The van der Waals surface area contributed by atoms with Crippen molar-refractivity contribution in [2.24, 2.45) is 0 Å². The third kappa shape index (κ3) is 4.68. The molecule has 2 atom stereocenters. The molecule has 5 rings (SSSR count). The second-order valence-corrected chi connectivity index (χ2v) is 10.1. The number of fused-ring (bicyclic) bond motifs is 1. The van der Waals surface area contributed by atoms with Gasteiger partial charge >= 0.3 is 0 Å². The molecule has 1 fully saturated rings. The molecule has 0 aliphatic carbocycles. The van der Waals surface area contributed by atoms with Crippen LogP contribution in [0.5, 0.6) is 0 Å². The molecule has 2 aliphatic rings. The lowest BCUT2D eigenvalue weighted by Gasteiger charge is -2.30. The van der Waals surface area contributed by atoms with E-state index in [0.717, 1.165) is 25.0 Å². The second-order valence-electron chi connectivity index (χ2n) is 8.31. The minimum atomic E-state index is -0.482. The summed E-state index contributed by atoms with van der Waals surface area (Å²) in [7, 11) is 0. The van der Waals surface area contributed by atoms with Crippen molar-refractivity contribution in [3.8, 4) is 11.4 Å². The summed E-state index contributed by atoms with van der Waals surface area (Å²) in [6.45, 7) is 3.16. The quantitative estimate of drug-likeness (QED) is 0.512. The van der Waals surface area contributed by atoms with Crippen molar-refractivity contribution < 1.29 is 14.3 Å². The Morgan fingerprint density at radius 1 is 1.24 bits per heavy atom. The van der Waals surface area contributed by atoms with Crippen molar-refractivity contribution in [3.05, 3.63) is 53.6 Å². The van der Waals surface area contributed by atoms with E-state index in [1.807, 2.05) is 54.0 Å². The van der Waals surface area contributed by atoms with Gasteiger partial charge in [-0.25, -0.2) is 0 Å². The average Bonchev–Trinajstić information content (AvgIpc) is 3.49. The first-order valence-electron chi connectivity index (χ1n) is 11.2. The van der Waals surface area contributed by atoms with Gasteiger partial charge in [-0.05, 0) is 56.2 Å². The lowest BCUT2D eigenvalue weighted by molar-refractivity contribution is -0.121. The van der Waals surface area contributed by atoms with Crippen LogP contribution in [0.4, 0.5) is 11.4 Å². The van der Waals surface area contributed by atoms with Crippen LogP contribution in [0, 0.1) is 0 Å². The molecule has 2 aromatic carbocycles. The highest BCUT2D eigenvalue weighted by atomic mass is 35.5. The number of carbonyl (C=O) groups is 2. The van der Waals surface area contributed by atoms with E-state index in [2.05, 4.69) is 15.5 Å². The summed E-state index contributed by atoms with van der Waals surface area (Å²) < 4.78 is 7.88. The number of para-hydroxylation sites is 2. The third-order valence-corrected chi connectivity index (χ3v) is 7.22. The first-order chi connectivity index (χ1) is 16.5. The lowest BCUT2D eigenvalue weighted by Crippen LogP contribution is -2.45. The molecule has 3 aromatic rings. The van der Waals surface area contributed by atoms with Crippen molar-refractivity contribution in [2.75, 3.05) is 23.4 Å². The molecule has 10 heteroatoms. The Labute approximate surface area is 206 Å². The minimum Gasteiger partial charge on any atom is -0.376 e. The molecule has 1 saturated heterocycles. The van der Waals surface area contributed by atoms with Crippen molar-refractivity contribution in [1.29, 1.82) is 0 Å². The molecule has 0 radical (unpaired) electrons. The number of thioether (sulfide) groups is 1. The molecule has 0 bridgehead atoms. The number of amides is 2. The van der Waals surface area contributed by atoms with Gasteiger partial charge in [-0.2, -0.15) is 0 Å². The molecule has 34 heavy (non-hydrogen) atoms. The van der Waals surface area contributed by atoms with Gasteiger partial charge in [0.25, 0.3) is 0 Å². The first-order valence-corrected chi connectivity index (χ1v) is 12.4. The van der Waals surface area contributed by atoms with Crippen molar-refractivity contribution in [1.82, 2.24) is 14.8 Å². The van der Waals surface area contributed by atoms with E-state index < -0.39 is 5.25 Å². The Morgan fingerprint density at radius 3 is 2.79 bits per heavy atom. The molecule has 8 nitrogen and oxygen atoms in total. The molecular formula is C24H24ClN5O3S. The van der Waals surface area contributed by atoms with Gasteiger partial charge in [0.05, 0.1) is 29.3 Å². The molecule has 176 valence electrons. The number of anilines is 2.